The molecule has 0 heterocycles. The van der Waals surface area contributed by atoms with Crippen LogP contribution in [0.25, 0.3) is 11.1 Å². The molecule has 286 valence electrons. The van der Waals surface area contributed by atoms with Gasteiger partial charge in [0.25, 0.3) is 0 Å². The summed E-state index contributed by atoms with van der Waals surface area (Å²) in [6.45, 7) is 2.36. The molecule has 16 nitrogen and oxygen atoms in total. The molecule has 16 heteroatoms. The van der Waals surface area contributed by atoms with Gasteiger partial charge in [0.2, 0.25) is 0 Å². The third-order valence-corrected chi connectivity index (χ3v) is 6.20. The molecule has 5 aromatic rings. The Morgan fingerprint density at radius 1 is 0.364 bits per heavy atom. The topological polar surface area (TPSA) is 291 Å². The lowest BCUT2D eigenvalue weighted by Gasteiger charge is -2.01. The first-order valence-electron chi connectivity index (χ1n) is 15.2. The van der Waals surface area contributed by atoms with Crippen molar-refractivity contribution in [1.82, 2.24) is 0 Å². The van der Waals surface area contributed by atoms with Crippen molar-refractivity contribution in [3.63, 3.8) is 0 Å². The van der Waals surface area contributed by atoms with Gasteiger partial charge in [-0.25, -0.2) is 24.0 Å². The number of phenolic OH excluding ortho intramolecular Hbond substituents is 3. The van der Waals surface area contributed by atoms with E-state index in [0.717, 1.165) is 17.2 Å². The van der Waals surface area contributed by atoms with Crippen molar-refractivity contribution in [2.24, 2.45) is 0 Å². The first-order valence-corrected chi connectivity index (χ1v) is 15.2. The van der Waals surface area contributed by atoms with E-state index in [9.17, 15) is 33.6 Å². The fourth-order valence-electron chi connectivity index (χ4n) is 3.65. The lowest BCUT2D eigenvalue weighted by molar-refractivity contribution is -0.156. The van der Waals surface area contributed by atoms with Crippen LogP contribution in [-0.2, 0) is 14.3 Å². The number of esters is 2. The predicted octanol–water partition coefficient (Wildman–Crippen LogP) is 6.12. The number of carbonyl (C=O) groups excluding carboxylic acids is 2. The quantitative estimate of drug-likeness (QED) is 0.0715. The molecule has 0 unspecified atom stereocenters. The monoisotopic (exact) mass is 758 g/mol. The molecule has 55 heavy (non-hydrogen) atoms. The van der Waals surface area contributed by atoms with Gasteiger partial charge in [-0.05, 0) is 102 Å². The van der Waals surface area contributed by atoms with Crippen molar-refractivity contribution >= 4 is 41.8 Å². The SMILES string of the molecule is CC(=O)OC(C)=O.O=C(O)c1ccc(C(=O)O)cc1.O=C(O)c1ccc(O)cc1.O=C(O)c1cccc(C(=O)O)c1.Oc1ccc(-c2ccc(O)cc2)cc1. The first kappa shape index (κ1) is 45.0. The average Bonchev–Trinajstić information content (AvgIpc) is 3.13. The van der Waals surface area contributed by atoms with Crippen LogP contribution < -0.4 is 0 Å². The molecule has 0 amide bonds. The van der Waals surface area contributed by atoms with Gasteiger partial charge in [0.1, 0.15) is 17.2 Å². The Kier molecular flexibility index (Phi) is 18.6. The molecule has 8 N–H and O–H groups in total. The molecule has 0 atom stereocenters. The summed E-state index contributed by atoms with van der Waals surface area (Å²) in [6.07, 6.45) is 0. The summed E-state index contributed by atoms with van der Waals surface area (Å²) >= 11 is 0. The first-order chi connectivity index (χ1) is 25.8. The molecule has 0 saturated carbocycles. The summed E-state index contributed by atoms with van der Waals surface area (Å²) in [5.74, 6) is -5.90. The highest BCUT2D eigenvalue weighted by molar-refractivity contribution is 5.94. The summed E-state index contributed by atoms with van der Waals surface area (Å²) in [5, 5.41) is 69.3. The molecule has 0 fully saturated rings. The largest absolute Gasteiger partial charge is 0.508 e. The van der Waals surface area contributed by atoms with Crippen LogP contribution >= 0.6 is 0 Å². The average molecular weight is 759 g/mol. The van der Waals surface area contributed by atoms with E-state index in [1.807, 2.05) is 24.3 Å². The number of rotatable bonds is 6. The number of aromatic carboxylic acids is 5. The Morgan fingerprint density at radius 3 is 0.818 bits per heavy atom. The van der Waals surface area contributed by atoms with Crippen LogP contribution in [0.2, 0.25) is 0 Å². The fourth-order valence-corrected chi connectivity index (χ4v) is 3.65. The molecule has 5 aromatic carbocycles. The molecule has 0 saturated heterocycles. The van der Waals surface area contributed by atoms with E-state index < -0.39 is 41.8 Å². The summed E-state index contributed by atoms with van der Waals surface area (Å²) in [7, 11) is 0. The highest BCUT2D eigenvalue weighted by atomic mass is 16.6. The molecule has 0 aliphatic carbocycles. The van der Waals surface area contributed by atoms with Gasteiger partial charge in [-0.1, -0.05) is 30.3 Å². The lowest BCUT2D eigenvalue weighted by Crippen LogP contribution is -2.03. The second-order valence-corrected chi connectivity index (χ2v) is 10.4. The number of carbonyl (C=O) groups is 7. The molecule has 0 aromatic heterocycles. The van der Waals surface area contributed by atoms with Crippen LogP contribution in [0.4, 0.5) is 0 Å². The number of benzene rings is 5. The van der Waals surface area contributed by atoms with Crippen LogP contribution in [0.3, 0.4) is 0 Å². The van der Waals surface area contributed by atoms with E-state index in [2.05, 4.69) is 4.74 Å². The summed E-state index contributed by atoms with van der Waals surface area (Å²) in [4.78, 5) is 71.3. The number of carboxylic acids is 5. The fraction of sp³-hybridized carbons (Fsp3) is 0.0513. The number of hydrogen-bond acceptors (Lipinski definition) is 11. The number of carboxylic acid groups (broad SMARTS) is 5. The minimum atomic E-state index is -1.13. The van der Waals surface area contributed by atoms with Crippen LogP contribution in [-0.4, -0.2) is 82.6 Å². The lowest BCUT2D eigenvalue weighted by atomic mass is 10.1. The zero-order chi connectivity index (χ0) is 41.7. The van der Waals surface area contributed by atoms with E-state index in [0.29, 0.717) is 0 Å². The van der Waals surface area contributed by atoms with Crippen LogP contribution in [0.5, 0.6) is 17.2 Å². The summed E-state index contributed by atoms with van der Waals surface area (Å²) in [6, 6.07) is 29.5. The third-order valence-electron chi connectivity index (χ3n) is 6.20. The molecule has 0 radical (unpaired) electrons. The van der Waals surface area contributed by atoms with Gasteiger partial charge in [-0.15, -0.1) is 0 Å². The standard InChI is InChI=1S/C12H10O2.2C8H6O4.C7H6O3.C4H6O3/c13-11-5-1-9(2-6-11)10-3-7-12(14)8-4-10;9-7(10)5-1-2-6(4-3-5)8(11)12;9-7(10)5-2-1-3-6(4-5)8(11)12;8-6-3-1-5(2-4-6)7(9)10;1-3(5)7-4(2)6/h1-8,13-14H;2*1-4H,(H,9,10)(H,11,12);1-4,8H,(H,9,10);1-2H3. The van der Waals surface area contributed by atoms with Crippen LogP contribution in [0, 0.1) is 0 Å². The van der Waals surface area contributed by atoms with Crippen LogP contribution in [0.15, 0.2) is 121 Å². The minimum absolute atomic E-state index is 0.0186. The van der Waals surface area contributed by atoms with Crippen molar-refractivity contribution in [3.8, 4) is 28.4 Å². The zero-order valence-electron chi connectivity index (χ0n) is 28.9. The van der Waals surface area contributed by atoms with E-state index in [1.54, 1.807) is 24.3 Å². The van der Waals surface area contributed by atoms with Gasteiger partial charge >= 0.3 is 41.8 Å². The maximum absolute atomic E-state index is 10.4. The summed E-state index contributed by atoms with van der Waals surface area (Å²) < 4.78 is 3.97. The number of aromatic hydroxyl groups is 3. The van der Waals surface area contributed by atoms with E-state index in [1.165, 1.54) is 80.6 Å². The molecule has 5 rings (SSSR count). The predicted molar refractivity (Wildman–Crippen MR) is 193 cm³/mol. The highest BCUT2D eigenvalue weighted by Crippen LogP contribution is 2.23. The molecular weight excluding hydrogens is 724 g/mol. The van der Waals surface area contributed by atoms with Crippen molar-refractivity contribution in [2.75, 3.05) is 0 Å². The molecule has 0 bridgehead atoms. The Bertz CT molecular complexity index is 1950. The summed E-state index contributed by atoms with van der Waals surface area (Å²) in [5.41, 5.74) is 2.34. The van der Waals surface area contributed by atoms with E-state index in [4.69, 9.17) is 40.9 Å². The molecule has 0 spiro atoms. The Labute approximate surface area is 312 Å². The van der Waals surface area contributed by atoms with Gasteiger partial charge in [-0.3, -0.25) is 9.59 Å². The second-order valence-electron chi connectivity index (χ2n) is 10.4. The van der Waals surface area contributed by atoms with Crippen LogP contribution in [0.1, 0.15) is 65.6 Å². The van der Waals surface area contributed by atoms with Crippen molar-refractivity contribution in [3.05, 3.63) is 149 Å². The van der Waals surface area contributed by atoms with Gasteiger partial charge in [-0.2, -0.15) is 0 Å². The number of hydrogen-bond donors (Lipinski definition) is 8. The Balaban J connectivity index is 0.000000350. The smallest absolute Gasteiger partial charge is 0.335 e. The van der Waals surface area contributed by atoms with Gasteiger partial charge in [0.15, 0.2) is 0 Å². The highest BCUT2D eigenvalue weighted by Gasteiger charge is 2.07. The second kappa shape index (κ2) is 22.7. The maximum Gasteiger partial charge on any atom is 0.335 e. The number of ether oxygens (including phenoxy) is 1. The zero-order valence-corrected chi connectivity index (χ0v) is 28.9. The van der Waals surface area contributed by atoms with Crippen molar-refractivity contribution < 1.29 is 79.2 Å². The Hall–Kier alpha value is -8.01. The maximum atomic E-state index is 10.4. The van der Waals surface area contributed by atoms with Gasteiger partial charge in [0.05, 0.1) is 27.8 Å². The molecule has 0 aliphatic rings. The third kappa shape index (κ3) is 18.2. The van der Waals surface area contributed by atoms with Gasteiger partial charge in [0, 0.05) is 13.8 Å². The van der Waals surface area contributed by atoms with E-state index in [-0.39, 0.29) is 45.1 Å². The molecular formula is C39H34O16. The van der Waals surface area contributed by atoms with Crippen molar-refractivity contribution in [1.29, 1.82) is 0 Å². The molecule has 0 aliphatic heterocycles. The Morgan fingerprint density at radius 2 is 0.600 bits per heavy atom. The number of phenols is 3. The van der Waals surface area contributed by atoms with E-state index >= 15 is 0 Å². The minimum Gasteiger partial charge on any atom is -0.508 e. The van der Waals surface area contributed by atoms with Crippen molar-refractivity contribution in [2.45, 2.75) is 13.8 Å². The van der Waals surface area contributed by atoms with Gasteiger partial charge < -0.3 is 45.6 Å². The normalized spacial score (nSPS) is 9.27.